The van der Waals surface area contributed by atoms with E-state index < -0.39 is 28.0 Å². The quantitative estimate of drug-likeness (QED) is 0.663. The van der Waals surface area contributed by atoms with Gasteiger partial charge in [0.05, 0.1) is 17.6 Å². The van der Waals surface area contributed by atoms with Gasteiger partial charge >= 0.3 is 5.69 Å². The van der Waals surface area contributed by atoms with Crippen LogP contribution in [0.3, 0.4) is 0 Å². The molecule has 0 bridgehead atoms. The number of nitro groups is 1. The Morgan fingerprint density at radius 2 is 1.90 bits per heavy atom. The predicted molar refractivity (Wildman–Crippen MR) is 73.2 cm³/mol. The second kappa shape index (κ2) is 6.15. The Hall–Kier alpha value is -2.06. The standard InChI is InChI=1S/C13H8BrF2NO4/c14-8-1-2-12(7(3-8)6-18)21-13-5-9(15)11(17(19)20)4-10(13)16/h1-5,18H,6H2. The van der Waals surface area contributed by atoms with Crippen molar-refractivity contribution in [2.24, 2.45) is 0 Å². The summed E-state index contributed by atoms with van der Waals surface area (Å²) in [6.45, 7) is -0.369. The highest BCUT2D eigenvalue weighted by molar-refractivity contribution is 9.10. The van der Waals surface area contributed by atoms with Gasteiger partial charge in [0, 0.05) is 16.1 Å². The molecule has 2 aromatic carbocycles. The summed E-state index contributed by atoms with van der Waals surface area (Å²) in [5, 5.41) is 19.7. The van der Waals surface area contributed by atoms with Gasteiger partial charge in [-0.15, -0.1) is 0 Å². The van der Waals surface area contributed by atoms with Gasteiger partial charge in [-0.25, -0.2) is 4.39 Å². The first kappa shape index (κ1) is 15.3. The Labute approximate surface area is 126 Å². The van der Waals surface area contributed by atoms with Crippen LogP contribution in [0, 0.1) is 21.7 Å². The second-order valence-corrected chi connectivity index (χ2v) is 4.92. The minimum absolute atomic E-state index is 0.118. The topological polar surface area (TPSA) is 72.6 Å². The van der Waals surface area contributed by atoms with E-state index in [0.29, 0.717) is 22.2 Å². The highest BCUT2D eigenvalue weighted by atomic mass is 79.9. The van der Waals surface area contributed by atoms with Crippen molar-refractivity contribution in [3.63, 3.8) is 0 Å². The molecule has 21 heavy (non-hydrogen) atoms. The molecule has 0 spiro atoms. The molecule has 0 fully saturated rings. The van der Waals surface area contributed by atoms with Crippen LogP contribution in [-0.2, 0) is 6.61 Å². The highest BCUT2D eigenvalue weighted by Gasteiger charge is 2.20. The molecular weight excluding hydrogens is 352 g/mol. The Morgan fingerprint density at radius 3 is 2.52 bits per heavy atom. The zero-order valence-electron chi connectivity index (χ0n) is 10.3. The van der Waals surface area contributed by atoms with Crippen LogP contribution in [0.15, 0.2) is 34.8 Å². The fourth-order valence-electron chi connectivity index (χ4n) is 1.63. The smallest absolute Gasteiger partial charge is 0.307 e. The number of nitrogens with zero attached hydrogens (tertiary/aromatic N) is 1. The molecule has 0 aliphatic heterocycles. The lowest BCUT2D eigenvalue weighted by Crippen LogP contribution is -1.98. The first-order valence-corrected chi connectivity index (χ1v) is 6.42. The number of hydrogen-bond acceptors (Lipinski definition) is 4. The molecule has 0 radical (unpaired) electrons. The fraction of sp³-hybridized carbons (Fsp3) is 0.0769. The first-order valence-electron chi connectivity index (χ1n) is 5.63. The van der Waals surface area contributed by atoms with Crippen LogP contribution in [-0.4, -0.2) is 10.0 Å². The zero-order valence-corrected chi connectivity index (χ0v) is 11.9. The van der Waals surface area contributed by atoms with Gasteiger partial charge in [0.2, 0.25) is 5.82 Å². The molecule has 5 nitrogen and oxygen atoms in total. The third kappa shape index (κ3) is 3.34. The Morgan fingerprint density at radius 1 is 1.19 bits per heavy atom. The molecule has 0 heterocycles. The summed E-state index contributed by atoms with van der Waals surface area (Å²) in [4.78, 5) is 9.47. The van der Waals surface area contributed by atoms with E-state index in [-0.39, 0.29) is 12.4 Å². The molecule has 2 rings (SSSR count). The number of halogens is 3. The van der Waals surface area contributed by atoms with Crippen molar-refractivity contribution < 1.29 is 23.5 Å². The predicted octanol–water partition coefficient (Wildman–Crippen LogP) is 3.92. The maximum Gasteiger partial charge on any atom is 0.307 e. The summed E-state index contributed by atoms with van der Waals surface area (Å²) < 4.78 is 33.1. The summed E-state index contributed by atoms with van der Waals surface area (Å²) in [6, 6.07) is 5.64. The number of benzene rings is 2. The van der Waals surface area contributed by atoms with Gasteiger partial charge in [-0.2, -0.15) is 4.39 Å². The van der Waals surface area contributed by atoms with Gasteiger partial charge in [0.15, 0.2) is 11.6 Å². The van der Waals surface area contributed by atoms with Crippen LogP contribution in [0.1, 0.15) is 5.56 Å². The summed E-state index contributed by atoms with van der Waals surface area (Å²) in [6.07, 6.45) is 0. The summed E-state index contributed by atoms with van der Waals surface area (Å²) in [5.74, 6) is -2.67. The molecule has 0 aliphatic rings. The van der Waals surface area contributed by atoms with Gasteiger partial charge in [-0.1, -0.05) is 15.9 Å². The number of nitro benzene ring substituents is 1. The third-order valence-corrected chi connectivity index (χ3v) is 3.10. The van der Waals surface area contributed by atoms with Crippen molar-refractivity contribution in [3.05, 3.63) is 62.1 Å². The van der Waals surface area contributed by atoms with Gasteiger partial charge in [0.25, 0.3) is 0 Å². The fourth-order valence-corrected chi connectivity index (χ4v) is 2.03. The molecule has 0 atom stereocenters. The Balaban J connectivity index is 2.41. The minimum atomic E-state index is -1.21. The van der Waals surface area contributed by atoms with Crippen molar-refractivity contribution in [1.29, 1.82) is 0 Å². The molecular formula is C13H8BrF2NO4. The first-order chi connectivity index (χ1) is 9.92. The molecule has 0 amide bonds. The lowest BCUT2D eigenvalue weighted by Gasteiger charge is -2.11. The number of aliphatic hydroxyl groups is 1. The van der Waals surface area contributed by atoms with Crippen LogP contribution in [0.2, 0.25) is 0 Å². The maximum absolute atomic E-state index is 13.7. The van der Waals surface area contributed by atoms with E-state index in [9.17, 15) is 24.0 Å². The van der Waals surface area contributed by atoms with Crippen LogP contribution in [0.5, 0.6) is 11.5 Å². The van der Waals surface area contributed by atoms with Gasteiger partial charge < -0.3 is 9.84 Å². The van der Waals surface area contributed by atoms with Crippen LogP contribution < -0.4 is 4.74 Å². The largest absolute Gasteiger partial charge is 0.454 e. The van der Waals surface area contributed by atoms with Gasteiger partial charge in [-0.3, -0.25) is 10.1 Å². The normalized spacial score (nSPS) is 10.5. The molecule has 2 aromatic rings. The zero-order chi connectivity index (χ0) is 15.6. The maximum atomic E-state index is 13.7. The minimum Gasteiger partial charge on any atom is -0.454 e. The van der Waals surface area contributed by atoms with Crippen LogP contribution >= 0.6 is 15.9 Å². The van der Waals surface area contributed by atoms with E-state index >= 15 is 0 Å². The molecule has 110 valence electrons. The van der Waals surface area contributed by atoms with Crippen molar-refractivity contribution >= 4 is 21.6 Å². The molecule has 0 saturated heterocycles. The van der Waals surface area contributed by atoms with E-state index in [1.807, 2.05) is 0 Å². The van der Waals surface area contributed by atoms with E-state index in [1.54, 1.807) is 12.1 Å². The summed E-state index contributed by atoms with van der Waals surface area (Å²) >= 11 is 3.20. The second-order valence-electron chi connectivity index (χ2n) is 4.00. The number of aliphatic hydroxyl groups excluding tert-OH is 1. The average Bonchev–Trinajstić information content (AvgIpc) is 2.43. The monoisotopic (exact) mass is 359 g/mol. The Kier molecular flexibility index (Phi) is 4.49. The van der Waals surface area contributed by atoms with Crippen LogP contribution in [0.25, 0.3) is 0 Å². The van der Waals surface area contributed by atoms with E-state index in [4.69, 9.17) is 4.74 Å². The molecule has 8 heteroatoms. The molecule has 1 N–H and O–H groups in total. The SMILES string of the molecule is O=[N+]([O-])c1cc(F)c(Oc2ccc(Br)cc2CO)cc1F. The van der Waals surface area contributed by atoms with Crippen LogP contribution in [0.4, 0.5) is 14.5 Å². The Bertz CT molecular complexity index is 709. The lowest BCUT2D eigenvalue weighted by molar-refractivity contribution is -0.387. The van der Waals surface area contributed by atoms with Gasteiger partial charge in [0.1, 0.15) is 5.75 Å². The van der Waals surface area contributed by atoms with E-state index in [0.717, 1.165) is 0 Å². The van der Waals surface area contributed by atoms with Crippen molar-refractivity contribution in [1.82, 2.24) is 0 Å². The summed E-state index contributed by atoms with van der Waals surface area (Å²) in [7, 11) is 0. The van der Waals surface area contributed by atoms with E-state index in [1.165, 1.54) is 6.07 Å². The lowest BCUT2D eigenvalue weighted by atomic mass is 10.2. The van der Waals surface area contributed by atoms with Gasteiger partial charge in [-0.05, 0) is 18.2 Å². The summed E-state index contributed by atoms with van der Waals surface area (Å²) in [5.41, 5.74) is -0.624. The number of hydrogen-bond donors (Lipinski definition) is 1. The van der Waals surface area contributed by atoms with Crippen molar-refractivity contribution in [2.45, 2.75) is 6.61 Å². The number of rotatable bonds is 4. The molecule has 0 aromatic heterocycles. The average molecular weight is 360 g/mol. The van der Waals surface area contributed by atoms with E-state index in [2.05, 4.69) is 15.9 Å². The molecule has 0 unspecified atom stereocenters. The molecule has 0 aliphatic carbocycles. The number of ether oxygens (including phenoxy) is 1. The highest BCUT2D eigenvalue weighted by Crippen LogP contribution is 2.32. The van der Waals surface area contributed by atoms with Crippen molar-refractivity contribution in [2.75, 3.05) is 0 Å². The molecule has 0 saturated carbocycles. The third-order valence-electron chi connectivity index (χ3n) is 2.61. The van der Waals surface area contributed by atoms with Crippen molar-refractivity contribution in [3.8, 4) is 11.5 Å².